The van der Waals surface area contributed by atoms with E-state index in [4.69, 9.17) is 9.97 Å². The first kappa shape index (κ1) is 11.8. The maximum absolute atomic E-state index is 4.76. The van der Waals surface area contributed by atoms with Crippen LogP contribution in [0.15, 0.2) is 24.5 Å². The average molecular weight is 282 g/mol. The van der Waals surface area contributed by atoms with Crippen LogP contribution in [0.25, 0.3) is 21.6 Å². The molecule has 0 aliphatic heterocycles. The van der Waals surface area contributed by atoms with Crippen LogP contribution in [0.5, 0.6) is 0 Å². The van der Waals surface area contributed by atoms with Crippen molar-refractivity contribution in [3.63, 3.8) is 0 Å². The van der Waals surface area contributed by atoms with Crippen molar-refractivity contribution in [1.29, 1.82) is 0 Å². The minimum absolute atomic E-state index is 0.768. The lowest BCUT2D eigenvalue weighted by atomic mass is 10.2. The Morgan fingerprint density at radius 3 is 2.80 bits per heavy atom. The molecule has 0 radical (unpaired) electrons. The van der Waals surface area contributed by atoms with E-state index in [1.165, 1.54) is 28.7 Å². The minimum Gasteiger partial charge on any atom is -0.372 e. The van der Waals surface area contributed by atoms with Gasteiger partial charge < -0.3 is 5.32 Å². The van der Waals surface area contributed by atoms with Gasteiger partial charge in [-0.1, -0.05) is 0 Å². The molecule has 3 aromatic heterocycles. The summed E-state index contributed by atoms with van der Waals surface area (Å²) < 4.78 is 0. The molecule has 0 bridgehead atoms. The maximum atomic E-state index is 4.76. The topological polar surface area (TPSA) is 50.7 Å². The van der Waals surface area contributed by atoms with Gasteiger partial charge in [-0.05, 0) is 37.0 Å². The standard InChI is InChI=1S/C15H14N4S/c1-16-14-12-10-3-2-4-11(10)20-15(12)19-13(18-14)9-5-7-17-8-6-9/h5-8H,2-4H2,1H3,(H,16,18,19). The van der Waals surface area contributed by atoms with E-state index in [2.05, 4.69) is 10.3 Å². The molecule has 4 nitrogen and oxygen atoms in total. The van der Waals surface area contributed by atoms with E-state index in [1.807, 2.05) is 30.5 Å². The normalized spacial score (nSPS) is 13.7. The molecule has 0 unspecified atom stereocenters. The number of thiophene rings is 1. The zero-order valence-electron chi connectivity index (χ0n) is 11.2. The number of anilines is 1. The number of fused-ring (bicyclic) bond motifs is 3. The fourth-order valence-corrected chi connectivity index (χ4v) is 4.07. The van der Waals surface area contributed by atoms with Gasteiger partial charge >= 0.3 is 0 Å². The number of aromatic nitrogens is 3. The molecule has 0 spiro atoms. The number of hydrogen-bond acceptors (Lipinski definition) is 5. The lowest BCUT2D eigenvalue weighted by Crippen LogP contribution is -1.98. The van der Waals surface area contributed by atoms with E-state index in [1.54, 1.807) is 12.4 Å². The van der Waals surface area contributed by atoms with E-state index < -0.39 is 0 Å². The van der Waals surface area contributed by atoms with E-state index in [-0.39, 0.29) is 0 Å². The third-order valence-corrected chi connectivity index (χ3v) is 4.93. The lowest BCUT2D eigenvalue weighted by Gasteiger charge is -2.06. The summed E-state index contributed by atoms with van der Waals surface area (Å²) in [4.78, 5) is 16.1. The van der Waals surface area contributed by atoms with Crippen molar-refractivity contribution in [2.24, 2.45) is 0 Å². The predicted octanol–water partition coefficient (Wildman–Crippen LogP) is 3.28. The summed E-state index contributed by atoms with van der Waals surface area (Å²) in [6.45, 7) is 0. The molecule has 0 fully saturated rings. The first-order valence-electron chi connectivity index (χ1n) is 6.77. The zero-order chi connectivity index (χ0) is 13.5. The summed E-state index contributed by atoms with van der Waals surface area (Å²) in [7, 11) is 1.93. The van der Waals surface area contributed by atoms with Crippen molar-refractivity contribution in [2.45, 2.75) is 19.3 Å². The first-order chi connectivity index (χ1) is 9.86. The third-order valence-electron chi connectivity index (χ3n) is 3.74. The van der Waals surface area contributed by atoms with Crippen molar-refractivity contribution in [1.82, 2.24) is 15.0 Å². The largest absolute Gasteiger partial charge is 0.372 e. The Bertz CT molecular complexity index is 779. The van der Waals surface area contributed by atoms with Gasteiger partial charge in [0.25, 0.3) is 0 Å². The van der Waals surface area contributed by atoms with Crippen LogP contribution in [0.1, 0.15) is 16.9 Å². The summed E-state index contributed by atoms with van der Waals surface area (Å²) in [6.07, 6.45) is 7.14. The second-order valence-electron chi connectivity index (χ2n) is 4.92. The Balaban J connectivity index is 1.98. The van der Waals surface area contributed by atoms with Gasteiger partial charge in [0.1, 0.15) is 10.6 Å². The lowest BCUT2D eigenvalue weighted by molar-refractivity contribution is 0.917. The van der Waals surface area contributed by atoms with Crippen LogP contribution in [-0.4, -0.2) is 22.0 Å². The fourth-order valence-electron chi connectivity index (χ4n) is 2.81. The van der Waals surface area contributed by atoms with Gasteiger partial charge in [-0.15, -0.1) is 11.3 Å². The first-order valence-corrected chi connectivity index (χ1v) is 7.59. The highest BCUT2D eigenvalue weighted by Gasteiger charge is 2.22. The van der Waals surface area contributed by atoms with Crippen LogP contribution in [0.2, 0.25) is 0 Å². The SMILES string of the molecule is CNc1nc(-c2ccncc2)nc2sc3c(c12)CCC3. The van der Waals surface area contributed by atoms with Gasteiger partial charge in [-0.3, -0.25) is 4.98 Å². The molecule has 0 amide bonds. The van der Waals surface area contributed by atoms with Gasteiger partial charge in [-0.25, -0.2) is 9.97 Å². The summed E-state index contributed by atoms with van der Waals surface area (Å²) in [5.74, 6) is 1.71. The van der Waals surface area contributed by atoms with Crippen LogP contribution in [0, 0.1) is 0 Å². The van der Waals surface area contributed by atoms with Crippen LogP contribution in [0.4, 0.5) is 5.82 Å². The highest BCUT2D eigenvalue weighted by molar-refractivity contribution is 7.19. The molecular formula is C15H14N4S. The van der Waals surface area contributed by atoms with Crippen LogP contribution in [-0.2, 0) is 12.8 Å². The predicted molar refractivity (Wildman–Crippen MR) is 82.2 cm³/mol. The van der Waals surface area contributed by atoms with Crippen molar-refractivity contribution < 1.29 is 0 Å². The Morgan fingerprint density at radius 1 is 1.15 bits per heavy atom. The van der Waals surface area contributed by atoms with Crippen LogP contribution in [0.3, 0.4) is 0 Å². The number of hydrogen-bond donors (Lipinski definition) is 1. The highest BCUT2D eigenvalue weighted by atomic mass is 32.1. The molecule has 4 rings (SSSR count). The minimum atomic E-state index is 0.768. The van der Waals surface area contributed by atoms with Gasteiger partial charge in [0, 0.05) is 29.9 Å². The van der Waals surface area contributed by atoms with E-state index in [0.717, 1.165) is 28.5 Å². The molecule has 3 aromatic rings. The molecule has 0 saturated heterocycles. The van der Waals surface area contributed by atoms with Crippen molar-refractivity contribution in [2.75, 3.05) is 12.4 Å². The second-order valence-corrected chi connectivity index (χ2v) is 6.00. The molecule has 1 aliphatic rings. The van der Waals surface area contributed by atoms with Gasteiger partial charge in [0.05, 0.1) is 5.39 Å². The monoisotopic (exact) mass is 282 g/mol. The molecule has 0 atom stereocenters. The van der Waals surface area contributed by atoms with E-state index in [9.17, 15) is 0 Å². The molecule has 5 heteroatoms. The smallest absolute Gasteiger partial charge is 0.163 e. The molecule has 20 heavy (non-hydrogen) atoms. The summed E-state index contributed by atoms with van der Waals surface area (Å²) >= 11 is 1.82. The Hall–Kier alpha value is -2.01. The van der Waals surface area contributed by atoms with Crippen molar-refractivity contribution in [3.05, 3.63) is 35.0 Å². The Morgan fingerprint density at radius 2 is 2.00 bits per heavy atom. The zero-order valence-corrected chi connectivity index (χ0v) is 12.0. The van der Waals surface area contributed by atoms with E-state index in [0.29, 0.717) is 0 Å². The highest BCUT2D eigenvalue weighted by Crippen LogP contribution is 2.40. The molecule has 1 aliphatic carbocycles. The number of nitrogens with one attached hydrogen (secondary N) is 1. The molecule has 100 valence electrons. The second kappa shape index (κ2) is 4.52. The summed E-state index contributed by atoms with van der Waals surface area (Å²) in [6, 6.07) is 3.89. The van der Waals surface area contributed by atoms with Crippen LogP contribution >= 0.6 is 11.3 Å². The number of nitrogens with zero attached hydrogens (tertiary/aromatic N) is 3. The van der Waals surface area contributed by atoms with Crippen molar-refractivity contribution >= 4 is 27.4 Å². The van der Waals surface area contributed by atoms with Gasteiger partial charge in [-0.2, -0.15) is 0 Å². The summed E-state index contributed by atoms with van der Waals surface area (Å²) in [5, 5.41) is 4.46. The Kier molecular flexibility index (Phi) is 2.67. The maximum Gasteiger partial charge on any atom is 0.163 e. The third kappa shape index (κ3) is 1.70. The fraction of sp³-hybridized carbons (Fsp3) is 0.267. The molecule has 0 aromatic carbocycles. The summed E-state index contributed by atoms with van der Waals surface area (Å²) in [5.41, 5.74) is 2.46. The average Bonchev–Trinajstić information content (AvgIpc) is 3.07. The quantitative estimate of drug-likeness (QED) is 0.783. The van der Waals surface area contributed by atoms with Gasteiger partial charge in [0.2, 0.25) is 0 Å². The molecule has 1 N–H and O–H groups in total. The van der Waals surface area contributed by atoms with E-state index >= 15 is 0 Å². The Labute approximate surface area is 120 Å². The van der Waals surface area contributed by atoms with Crippen LogP contribution < -0.4 is 5.32 Å². The number of pyridine rings is 1. The molecular weight excluding hydrogens is 268 g/mol. The molecule has 0 saturated carbocycles. The number of aryl methyl sites for hydroxylation is 2. The number of rotatable bonds is 2. The molecule has 3 heterocycles. The van der Waals surface area contributed by atoms with Crippen molar-refractivity contribution in [3.8, 4) is 11.4 Å². The van der Waals surface area contributed by atoms with Gasteiger partial charge in [0.15, 0.2) is 5.82 Å².